The van der Waals surface area contributed by atoms with E-state index < -0.39 is 6.10 Å². The van der Waals surface area contributed by atoms with E-state index in [-0.39, 0.29) is 5.91 Å². The molecule has 0 radical (unpaired) electrons. The summed E-state index contributed by atoms with van der Waals surface area (Å²) in [5.41, 5.74) is 1.26. The van der Waals surface area contributed by atoms with E-state index in [1.54, 1.807) is 19.1 Å². The van der Waals surface area contributed by atoms with E-state index >= 15 is 0 Å². The van der Waals surface area contributed by atoms with Crippen LogP contribution in [0.5, 0.6) is 11.5 Å². The normalized spacial score (nSPS) is 11.6. The monoisotopic (exact) mass is 347 g/mol. The molecule has 2 aromatic carbocycles. The number of carbonyl (C=O) groups is 1. The highest BCUT2D eigenvalue weighted by Gasteiger charge is 2.15. The Balaban J connectivity index is 1.71. The number of halogens is 1. The van der Waals surface area contributed by atoms with Crippen molar-refractivity contribution in [2.45, 2.75) is 26.4 Å². The van der Waals surface area contributed by atoms with Crippen LogP contribution in [-0.4, -0.2) is 25.2 Å². The molecule has 1 N–H and O–H groups in total. The third kappa shape index (κ3) is 5.46. The highest BCUT2D eigenvalue weighted by molar-refractivity contribution is 6.32. The van der Waals surface area contributed by atoms with E-state index in [4.69, 9.17) is 21.1 Å². The van der Waals surface area contributed by atoms with Gasteiger partial charge in [0.05, 0.1) is 11.6 Å². The number of amides is 1. The minimum absolute atomic E-state index is 0.208. The van der Waals surface area contributed by atoms with Crippen molar-refractivity contribution in [3.8, 4) is 11.5 Å². The molecule has 4 nitrogen and oxygen atoms in total. The second-order valence-corrected chi connectivity index (χ2v) is 5.73. The molecule has 0 saturated carbocycles. The number of rotatable bonds is 8. The predicted molar refractivity (Wildman–Crippen MR) is 95.9 cm³/mol. The summed E-state index contributed by atoms with van der Waals surface area (Å²) in [6.45, 7) is 4.60. The molecule has 5 heteroatoms. The number of para-hydroxylation sites is 1. The SMILES string of the molecule is CCc1ccc(OCCNC(=O)C(C)Oc2ccccc2Cl)cc1. The van der Waals surface area contributed by atoms with Crippen molar-refractivity contribution >= 4 is 17.5 Å². The van der Waals surface area contributed by atoms with Gasteiger partial charge in [0.1, 0.15) is 18.1 Å². The van der Waals surface area contributed by atoms with Gasteiger partial charge in [-0.3, -0.25) is 4.79 Å². The Hall–Kier alpha value is -2.20. The van der Waals surface area contributed by atoms with Crippen LogP contribution in [0, 0.1) is 0 Å². The second-order valence-electron chi connectivity index (χ2n) is 5.33. The van der Waals surface area contributed by atoms with Gasteiger partial charge in [-0.1, -0.05) is 42.8 Å². The minimum atomic E-state index is -0.631. The van der Waals surface area contributed by atoms with Crippen LogP contribution in [0.2, 0.25) is 5.02 Å². The van der Waals surface area contributed by atoms with Gasteiger partial charge in [0.25, 0.3) is 5.91 Å². The Morgan fingerprint density at radius 3 is 2.54 bits per heavy atom. The van der Waals surface area contributed by atoms with Gasteiger partial charge in [0.2, 0.25) is 0 Å². The first-order chi connectivity index (χ1) is 11.6. The quantitative estimate of drug-likeness (QED) is 0.737. The first kappa shape index (κ1) is 18.1. The van der Waals surface area contributed by atoms with Crippen LogP contribution in [0.3, 0.4) is 0 Å². The van der Waals surface area contributed by atoms with E-state index in [9.17, 15) is 4.79 Å². The van der Waals surface area contributed by atoms with Crippen LogP contribution in [0.1, 0.15) is 19.4 Å². The van der Waals surface area contributed by atoms with Crippen molar-refractivity contribution in [3.05, 3.63) is 59.1 Å². The maximum atomic E-state index is 12.0. The molecule has 0 spiro atoms. The van der Waals surface area contributed by atoms with E-state index in [0.29, 0.717) is 23.9 Å². The topological polar surface area (TPSA) is 47.6 Å². The molecule has 0 aliphatic heterocycles. The molecular weight excluding hydrogens is 326 g/mol. The summed E-state index contributed by atoms with van der Waals surface area (Å²) >= 11 is 6.01. The standard InChI is InChI=1S/C19H22ClNO3/c1-3-15-8-10-16(11-9-15)23-13-12-21-19(22)14(2)24-18-7-5-4-6-17(18)20/h4-11,14H,3,12-13H2,1-2H3,(H,21,22). The lowest BCUT2D eigenvalue weighted by Gasteiger charge is -2.15. The molecule has 0 saturated heterocycles. The van der Waals surface area contributed by atoms with E-state index in [2.05, 4.69) is 12.2 Å². The highest BCUT2D eigenvalue weighted by Crippen LogP contribution is 2.24. The van der Waals surface area contributed by atoms with Crippen molar-refractivity contribution < 1.29 is 14.3 Å². The minimum Gasteiger partial charge on any atom is -0.492 e. The van der Waals surface area contributed by atoms with Gasteiger partial charge in [-0.25, -0.2) is 0 Å². The van der Waals surface area contributed by atoms with Crippen LogP contribution in [-0.2, 0) is 11.2 Å². The van der Waals surface area contributed by atoms with E-state index in [1.165, 1.54) is 5.56 Å². The molecule has 0 heterocycles. The largest absolute Gasteiger partial charge is 0.492 e. The van der Waals surface area contributed by atoms with Crippen LogP contribution in [0.25, 0.3) is 0 Å². The summed E-state index contributed by atoms with van der Waals surface area (Å²) in [7, 11) is 0. The number of hydrogen-bond donors (Lipinski definition) is 1. The van der Waals surface area contributed by atoms with Gasteiger partial charge in [-0.15, -0.1) is 0 Å². The fraction of sp³-hybridized carbons (Fsp3) is 0.316. The van der Waals surface area contributed by atoms with Crippen molar-refractivity contribution in [1.29, 1.82) is 0 Å². The second kappa shape index (κ2) is 9.18. The summed E-state index contributed by atoms with van der Waals surface area (Å²) < 4.78 is 11.2. The van der Waals surface area contributed by atoms with Crippen molar-refractivity contribution in [2.75, 3.05) is 13.2 Å². The Morgan fingerprint density at radius 2 is 1.88 bits per heavy atom. The average molecular weight is 348 g/mol. The molecule has 1 atom stereocenters. The lowest BCUT2D eigenvalue weighted by atomic mass is 10.2. The lowest BCUT2D eigenvalue weighted by Crippen LogP contribution is -2.38. The number of benzene rings is 2. The molecule has 0 aliphatic rings. The predicted octanol–water partition coefficient (Wildman–Crippen LogP) is 3.86. The number of nitrogens with one attached hydrogen (secondary N) is 1. The molecule has 2 rings (SSSR count). The maximum absolute atomic E-state index is 12.0. The first-order valence-electron chi connectivity index (χ1n) is 8.00. The summed E-state index contributed by atoms with van der Waals surface area (Å²) in [6.07, 6.45) is 0.369. The fourth-order valence-corrected chi connectivity index (χ4v) is 2.27. The molecule has 1 amide bonds. The highest BCUT2D eigenvalue weighted by atomic mass is 35.5. The van der Waals surface area contributed by atoms with Crippen LogP contribution >= 0.6 is 11.6 Å². The molecule has 2 aromatic rings. The van der Waals surface area contributed by atoms with E-state index in [0.717, 1.165) is 12.2 Å². The van der Waals surface area contributed by atoms with Gasteiger partial charge < -0.3 is 14.8 Å². The zero-order valence-electron chi connectivity index (χ0n) is 13.9. The number of hydrogen-bond acceptors (Lipinski definition) is 3. The number of aryl methyl sites for hydroxylation is 1. The van der Waals surface area contributed by atoms with Gasteiger partial charge in [0, 0.05) is 0 Å². The molecule has 0 bridgehead atoms. The molecule has 0 aromatic heterocycles. The zero-order chi connectivity index (χ0) is 17.4. The van der Waals surface area contributed by atoms with Gasteiger partial charge in [0.15, 0.2) is 6.10 Å². The average Bonchev–Trinajstić information content (AvgIpc) is 2.61. The van der Waals surface area contributed by atoms with Crippen molar-refractivity contribution in [2.24, 2.45) is 0 Å². The van der Waals surface area contributed by atoms with Crippen LogP contribution in [0.15, 0.2) is 48.5 Å². The summed E-state index contributed by atoms with van der Waals surface area (Å²) in [5, 5.41) is 3.27. The van der Waals surface area contributed by atoms with Gasteiger partial charge >= 0.3 is 0 Å². The number of carbonyl (C=O) groups excluding carboxylic acids is 1. The molecule has 1 unspecified atom stereocenters. The first-order valence-corrected chi connectivity index (χ1v) is 8.38. The molecule has 128 valence electrons. The third-order valence-corrected chi connectivity index (χ3v) is 3.82. The summed E-state index contributed by atoms with van der Waals surface area (Å²) in [4.78, 5) is 12.0. The fourth-order valence-electron chi connectivity index (χ4n) is 2.09. The van der Waals surface area contributed by atoms with Crippen molar-refractivity contribution in [3.63, 3.8) is 0 Å². The molecule has 24 heavy (non-hydrogen) atoms. The third-order valence-electron chi connectivity index (χ3n) is 3.51. The molecular formula is C19H22ClNO3. The van der Waals surface area contributed by atoms with Crippen molar-refractivity contribution in [1.82, 2.24) is 5.32 Å². The van der Waals surface area contributed by atoms with Gasteiger partial charge in [-0.2, -0.15) is 0 Å². The van der Waals surface area contributed by atoms with Crippen LogP contribution < -0.4 is 14.8 Å². The smallest absolute Gasteiger partial charge is 0.260 e. The Kier molecular flexibility index (Phi) is 6.94. The Bertz CT molecular complexity index is 658. The van der Waals surface area contributed by atoms with Crippen LogP contribution in [0.4, 0.5) is 0 Å². The zero-order valence-corrected chi connectivity index (χ0v) is 14.7. The number of ether oxygens (including phenoxy) is 2. The Morgan fingerprint density at radius 1 is 1.17 bits per heavy atom. The summed E-state index contributed by atoms with van der Waals surface area (Å²) in [6, 6.07) is 15.0. The Labute approximate surface area is 147 Å². The maximum Gasteiger partial charge on any atom is 0.260 e. The lowest BCUT2D eigenvalue weighted by molar-refractivity contribution is -0.127. The van der Waals surface area contributed by atoms with Gasteiger partial charge in [-0.05, 0) is 43.2 Å². The summed E-state index contributed by atoms with van der Waals surface area (Å²) in [5.74, 6) is 1.08. The molecule has 0 aliphatic carbocycles. The van der Waals surface area contributed by atoms with E-state index in [1.807, 2.05) is 36.4 Å². The molecule has 0 fully saturated rings.